The molecule has 0 aromatic carbocycles. The van der Waals surface area contributed by atoms with Crippen molar-refractivity contribution < 1.29 is 4.74 Å². The summed E-state index contributed by atoms with van der Waals surface area (Å²) in [5.74, 6) is 0.705. The summed E-state index contributed by atoms with van der Waals surface area (Å²) in [6.45, 7) is 7.88. The second kappa shape index (κ2) is 5.86. The molecule has 1 N–H and O–H groups in total. The summed E-state index contributed by atoms with van der Waals surface area (Å²) < 4.78 is 5.17. The number of hydrogen-bond acceptors (Lipinski definition) is 5. The number of aromatic nitrogens is 1. The molecule has 0 spiro atoms. The van der Waals surface area contributed by atoms with Gasteiger partial charge in [0.25, 0.3) is 0 Å². The van der Waals surface area contributed by atoms with E-state index in [1.165, 1.54) is 13.1 Å². The summed E-state index contributed by atoms with van der Waals surface area (Å²) in [4.78, 5) is 9.56. The Labute approximate surface area is 114 Å². The lowest BCUT2D eigenvalue weighted by atomic mass is 10.1. The van der Waals surface area contributed by atoms with Crippen molar-refractivity contribution in [3.63, 3.8) is 0 Å². The third kappa shape index (κ3) is 3.05. The summed E-state index contributed by atoms with van der Waals surface area (Å²) in [7, 11) is 1.66. The van der Waals surface area contributed by atoms with E-state index >= 15 is 0 Å². The van der Waals surface area contributed by atoms with Crippen LogP contribution in [0.3, 0.4) is 0 Å². The largest absolute Gasteiger partial charge is 0.481 e. The van der Waals surface area contributed by atoms with Crippen molar-refractivity contribution in [2.45, 2.75) is 12.6 Å². The van der Waals surface area contributed by atoms with E-state index in [0.717, 1.165) is 44.5 Å². The van der Waals surface area contributed by atoms with Crippen molar-refractivity contribution in [2.24, 2.45) is 0 Å². The second-order valence-corrected chi connectivity index (χ2v) is 5.30. The molecule has 5 heteroatoms. The molecule has 3 rings (SSSR count). The molecule has 0 radical (unpaired) electrons. The maximum Gasteiger partial charge on any atom is 0.213 e. The van der Waals surface area contributed by atoms with Gasteiger partial charge in [0, 0.05) is 57.9 Å². The van der Waals surface area contributed by atoms with Crippen LogP contribution in [0.15, 0.2) is 18.2 Å². The number of nitrogens with one attached hydrogen (secondary N) is 1. The smallest absolute Gasteiger partial charge is 0.213 e. The lowest BCUT2D eigenvalue weighted by Crippen LogP contribution is -2.61. The molecule has 2 aliphatic rings. The van der Waals surface area contributed by atoms with Crippen LogP contribution in [-0.2, 0) is 6.54 Å². The quantitative estimate of drug-likeness (QED) is 0.838. The van der Waals surface area contributed by atoms with Crippen molar-refractivity contribution in [1.82, 2.24) is 20.1 Å². The highest BCUT2D eigenvalue weighted by atomic mass is 16.5. The summed E-state index contributed by atoms with van der Waals surface area (Å²) in [6.07, 6.45) is 0. The average Bonchev–Trinajstić information content (AvgIpc) is 2.39. The zero-order valence-corrected chi connectivity index (χ0v) is 11.5. The molecule has 104 valence electrons. The first kappa shape index (κ1) is 12.8. The van der Waals surface area contributed by atoms with Gasteiger partial charge in [0.15, 0.2) is 0 Å². The van der Waals surface area contributed by atoms with E-state index in [2.05, 4.69) is 26.2 Å². The summed E-state index contributed by atoms with van der Waals surface area (Å²) >= 11 is 0. The van der Waals surface area contributed by atoms with Crippen LogP contribution in [0.4, 0.5) is 0 Å². The van der Waals surface area contributed by atoms with Crippen LogP contribution in [0.25, 0.3) is 0 Å². The van der Waals surface area contributed by atoms with Gasteiger partial charge in [-0.2, -0.15) is 0 Å². The highest BCUT2D eigenvalue weighted by Crippen LogP contribution is 2.13. The zero-order valence-electron chi connectivity index (χ0n) is 11.5. The molecule has 0 aliphatic carbocycles. The first-order valence-corrected chi connectivity index (χ1v) is 7.02. The average molecular weight is 262 g/mol. The summed E-state index contributed by atoms with van der Waals surface area (Å²) in [5.41, 5.74) is 1.10. The molecule has 2 saturated heterocycles. The van der Waals surface area contributed by atoms with Gasteiger partial charge in [-0.15, -0.1) is 0 Å². The Morgan fingerprint density at radius 1 is 1.26 bits per heavy atom. The van der Waals surface area contributed by atoms with E-state index in [4.69, 9.17) is 4.74 Å². The molecule has 0 amide bonds. The molecular weight excluding hydrogens is 240 g/mol. The molecule has 2 aliphatic heterocycles. The molecule has 0 atom stereocenters. The molecule has 0 bridgehead atoms. The number of piperazine rings is 1. The van der Waals surface area contributed by atoms with Crippen molar-refractivity contribution in [1.29, 1.82) is 0 Å². The highest BCUT2D eigenvalue weighted by Gasteiger charge is 2.27. The third-order valence-corrected chi connectivity index (χ3v) is 4.06. The number of hydrogen-bond donors (Lipinski definition) is 1. The fraction of sp³-hybridized carbons (Fsp3) is 0.643. The highest BCUT2D eigenvalue weighted by molar-refractivity contribution is 5.15. The lowest BCUT2D eigenvalue weighted by molar-refractivity contribution is 0.0689. The Morgan fingerprint density at radius 3 is 2.68 bits per heavy atom. The van der Waals surface area contributed by atoms with Gasteiger partial charge in [-0.05, 0) is 6.07 Å². The third-order valence-electron chi connectivity index (χ3n) is 4.06. The Hall–Kier alpha value is -1.17. The number of nitrogens with zero attached hydrogens (tertiary/aromatic N) is 3. The van der Waals surface area contributed by atoms with Gasteiger partial charge in [0.2, 0.25) is 5.88 Å². The molecule has 19 heavy (non-hydrogen) atoms. The molecular formula is C14H22N4O. The van der Waals surface area contributed by atoms with Crippen LogP contribution in [0.1, 0.15) is 5.69 Å². The Balaban J connectivity index is 1.51. The Bertz CT molecular complexity index is 414. The fourth-order valence-electron chi connectivity index (χ4n) is 2.71. The second-order valence-electron chi connectivity index (χ2n) is 5.30. The summed E-state index contributed by atoms with van der Waals surface area (Å²) in [5, 5.41) is 3.34. The number of pyridine rings is 1. The van der Waals surface area contributed by atoms with E-state index in [9.17, 15) is 0 Å². The van der Waals surface area contributed by atoms with Crippen LogP contribution < -0.4 is 10.1 Å². The predicted octanol–water partition coefficient (Wildman–Crippen LogP) is 0.180. The lowest BCUT2D eigenvalue weighted by Gasteiger charge is -2.43. The van der Waals surface area contributed by atoms with Crippen molar-refractivity contribution in [2.75, 3.05) is 46.4 Å². The van der Waals surface area contributed by atoms with Gasteiger partial charge in [-0.25, -0.2) is 4.98 Å². The van der Waals surface area contributed by atoms with Gasteiger partial charge in [-0.1, -0.05) is 6.07 Å². The predicted molar refractivity (Wildman–Crippen MR) is 74.3 cm³/mol. The minimum absolute atomic E-state index is 0.705. The van der Waals surface area contributed by atoms with Crippen LogP contribution in [0, 0.1) is 0 Å². The summed E-state index contributed by atoms with van der Waals surface area (Å²) in [6, 6.07) is 6.75. The van der Waals surface area contributed by atoms with Crippen LogP contribution in [0.5, 0.6) is 5.88 Å². The SMILES string of the molecule is COc1cccc(CN2CCN(C3CNC3)CC2)n1. The van der Waals surface area contributed by atoms with E-state index < -0.39 is 0 Å². The normalized spacial score (nSPS) is 22.2. The van der Waals surface area contributed by atoms with Gasteiger partial charge < -0.3 is 10.1 Å². The first-order chi connectivity index (χ1) is 9.35. The van der Waals surface area contributed by atoms with Crippen LogP contribution in [0.2, 0.25) is 0 Å². The van der Waals surface area contributed by atoms with Crippen molar-refractivity contribution in [3.8, 4) is 5.88 Å². The van der Waals surface area contributed by atoms with Crippen LogP contribution in [-0.4, -0.2) is 67.2 Å². The Kier molecular flexibility index (Phi) is 3.96. The van der Waals surface area contributed by atoms with E-state index in [-0.39, 0.29) is 0 Å². The van der Waals surface area contributed by atoms with Gasteiger partial charge in [0.1, 0.15) is 0 Å². The molecule has 1 aromatic rings. The standard InChI is InChI=1S/C14H22N4O/c1-19-14-4-2-3-12(16-14)11-17-5-7-18(8-6-17)13-9-15-10-13/h2-4,13,15H,5-11H2,1H3. The van der Waals surface area contributed by atoms with Gasteiger partial charge in [-0.3, -0.25) is 9.80 Å². The molecule has 1 aromatic heterocycles. The topological polar surface area (TPSA) is 40.6 Å². The number of ether oxygens (including phenoxy) is 1. The molecule has 0 saturated carbocycles. The van der Waals surface area contributed by atoms with Gasteiger partial charge in [0.05, 0.1) is 12.8 Å². The Morgan fingerprint density at radius 2 is 2.05 bits per heavy atom. The molecule has 0 unspecified atom stereocenters. The van der Waals surface area contributed by atoms with E-state index in [0.29, 0.717) is 5.88 Å². The van der Waals surface area contributed by atoms with Crippen LogP contribution >= 0.6 is 0 Å². The monoisotopic (exact) mass is 262 g/mol. The van der Waals surface area contributed by atoms with Gasteiger partial charge >= 0.3 is 0 Å². The molecule has 5 nitrogen and oxygen atoms in total. The van der Waals surface area contributed by atoms with Crippen molar-refractivity contribution >= 4 is 0 Å². The number of methoxy groups -OCH3 is 1. The fourth-order valence-corrected chi connectivity index (χ4v) is 2.71. The zero-order chi connectivity index (χ0) is 13.1. The van der Waals surface area contributed by atoms with E-state index in [1.54, 1.807) is 7.11 Å². The minimum Gasteiger partial charge on any atom is -0.481 e. The minimum atomic E-state index is 0.705. The maximum absolute atomic E-state index is 5.17. The molecule has 3 heterocycles. The molecule has 2 fully saturated rings. The first-order valence-electron chi connectivity index (χ1n) is 7.02. The van der Waals surface area contributed by atoms with Crippen molar-refractivity contribution in [3.05, 3.63) is 23.9 Å². The number of rotatable bonds is 4. The van der Waals surface area contributed by atoms with E-state index in [1.807, 2.05) is 12.1 Å². The maximum atomic E-state index is 5.17.